The summed E-state index contributed by atoms with van der Waals surface area (Å²) in [4.78, 5) is 28.5. The van der Waals surface area contributed by atoms with Crippen LogP contribution in [0, 0.1) is 6.92 Å². The molecular formula is C20H23N3O3. The first-order chi connectivity index (χ1) is 12.3. The highest BCUT2D eigenvalue weighted by Crippen LogP contribution is 2.12. The summed E-state index contributed by atoms with van der Waals surface area (Å²) in [6.07, 6.45) is -0.732. The summed E-state index contributed by atoms with van der Waals surface area (Å²) in [6.45, 7) is 6.85. The molecule has 2 N–H and O–H groups in total. The second kappa shape index (κ2) is 8.80. The minimum absolute atomic E-state index is 0.125. The van der Waals surface area contributed by atoms with Crippen molar-refractivity contribution >= 4 is 28.9 Å². The highest BCUT2D eigenvalue weighted by molar-refractivity contribution is 5.99. The molecule has 6 heteroatoms. The van der Waals surface area contributed by atoms with Crippen LogP contribution in [0.3, 0.4) is 0 Å². The number of benzene rings is 2. The number of amides is 2. The van der Waals surface area contributed by atoms with E-state index in [1.807, 2.05) is 43.3 Å². The molecule has 1 unspecified atom stereocenters. The van der Waals surface area contributed by atoms with Crippen molar-refractivity contribution in [2.45, 2.75) is 33.8 Å². The second-order valence-corrected chi connectivity index (χ2v) is 6.04. The molecule has 0 aliphatic carbocycles. The van der Waals surface area contributed by atoms with E-state index in [-0.39, 0.29) is 11.8 Å². The van der Waals surface area contributed by atoms with Crippen molar-refractivity contribution in [3.63, 3.8) is 0 Å². The zero-order valence-corrected chi connectivity index (χ0v) is 15.4. The molecule has 2 aromatic carbocycles. The number of aryl methyl sites for hydroxylation is 1. The summed E-state index contributed by atoms with van der Waals surface area (Å²) in [7, 11) is 0. The third kappa shape index (κ3) is 5.73. The molecule has 0 aromatic heterocycles. The van der Waals surface area contributed by atoms with Crippen molar-refractivity contribution in [2.24, 2.45) is 5.16 Å². The third-order valence-corrected chi connectivity index (χ3v) is 3.63. The largest absolute Gasteiger partial charge is 0.382 e. The number of oxime groups is 1. The van der Waals surface area contributed by atoms with Gasteiger partial charge in [-0.2, -0.15) is 0 Å². The first-order valence-electron chi connectivity index (χ1n) is 8.31. The van der Waals surface area contributed by atoms with Crippen LogP contribution in [0.4, 0.5) is 11.4 Å². The topological polar surface area (TPSA) is 79.8 Å². The van der Waals surface area contributed by atoms with Crippen LogP contribution in [0.2, 0.25) is 0 Å². The van der Waals surface area contributed by atoms with E-state index in [0.717, 1.165) is 16.8 Å². The molecule has 0 aliphatic rings. The Hall–Kier alpha value is -3.15. The molecule has 2 aromatic rings. The van der Waals surface area contributed by atoms with E-state index in [1.54, 1.807) is 26.0 Å². The average molecular weight is 353 g/mol. The quantitative estimate of drug-likeness (QED) is 0.613. The summed E-state index contributed by atoms with van der Waals surface area (Å²) in [5.41, 5.74) is 3.97. The number of anilines is 2. The van der Waals surface area contributed by atoms with Gasteiger partial charge in [-0.3, -0.25) is 9.59 Å². The highest BCUT2D eigenvalue weighted by atomic mass is 16.6. The van der Waals surface area contributed by atoms with Gasteiger partial charge in [-0.25, -0.2) is 0 Å². The number of rotatable bonds is 6. The fourth-order valence-electron chi connectivity index (χ4n) is 2.22. The number of carbonyl (C=O) groups is 2. The number of nitrogens with one attached hydrogen (secondary N) is 2. The molecular weight excluding hydrogens is 330 g/mol. The molecule has 0 radical (unpaired) electrons. The fraction of sp³-hybridized carbons (Fsp3) is 0.250. The lowest BCUT2D eigenvalue weighted by Gasteiger charge is -2.12. The van der Waals surface area contributed by atoms with Gasteiger partial charge in [0.05, 0.1) is 5.71 Å². The van der Waals surface area contributed by atoms with Gasteiger partial charge in [0.1, 0.15) is 0 Å². The Morgan fingerprint density at radius 2 is 1.69 bits per heavy atom. The van der Waals surface area contributed by atoms with E-state index >= 15 is 0 Å². The van der Waals surface area contributed by atoms with Gasteiger partial charge in [-0.05, 0) is 56.2 Å². The van der Waals surface area contributed by atoms with Gasteiger partial charge in [0.25, 0.3) is 5.91 Å². The maximum Gasteiger partial charge on any atom is 0.267 e. The zero-order valence-electron chi connectivity index (χ0n) is 15.4. The maximum absolute atomic E-state index is 12.2. The van der Waals surface area contributed by atoms with Gasteiger partial charge >= 0.3 is 0 Å². The molecule has 0 saturated carbocycles. The fourth-order valence-corrected chi connectivity index (χ4v) is 2.22. The van der Waals surface area contributed by atoms with E-state index < -0.39 is 6.10 Å². The minimum atomic E-state index is -0.732. The number of carbonyl (C=O) groups excluding carboxylic acids is 2. The molecule has 0 fully saturated rings. The van der Waals surface area contributed by atoms with Crippen LogP contribution in [0.5, 0.6) is 0 Å². The van der Waals surface area contributed by atoms with Gasteiger partial charge in [0.2, 0.25) is 12.0 Å². The predicted octanol–water partition coefficient (Wildman–Crippen LogP) is 3.72. The molecule has 6 nitrogen and oxygen atoms in total. The normalized spacial score (nSPS) is 12.2. The van der Waals surface area contributed by atoms with Gasteiger partial charge in [0, 0.05) is 18.3 Å². The summed E-state index contributed by atoms with van der Waals surface area (Å²) in [5, 5.41) is 9.53. The Kier molecular flexibility index (Phi) is 6.49. The maximum atomic E-state index is 12.2. The van der Waals surface area contributed by atoms with Crippen LogP contribution in [0.25, 0.3) is 0 Å². The standard InChI is InChI=1S/C20H23N3O3/c1-13-6-5-7-19(12-13)22-20(25)15(3)26-23-14(2)17-8-10-18(11-9-17)21-16(4)24/h5-12,15H,1-4H3,(H,21,24)(H,22,25)/b23-14-. The van der Waals surface area contributed by atoms with E-state index in [0.29, 0.717) is 11.4 Å². The van der Waals surface area contributed by atoms with Crippen molar-refractivity contribution in [2.75, 3.05) is 10.6 Å². The van der Waals surface area contributed by atoms with Crippen molar-refractivity contribution in [1.29, 1.82) is 0 Å². The van der Waals surface area contributed by atoms with Gasteiger partial charge in [-0.15, -0.1) is 0 Å². The lowest BCUT2D eigenvalue weighted by Crippen LogP contribution is -2.26. The van der Waals surface area contributed by atoms with Gasteiger partial charge in [-0.1, -0.05) is 29.4 Å². The van der Waals surface area contributed by atoms with E-state index in [1.165, 1.54) is 6.92 Å². The summed E-state index contributed by atoms with van der Waals surface area (Å²) in [5.74, 6) is -0.395. The lowest BCUT2D eigenvalue weighted by molar-refractivity contribution is -0.126. The second-order valence-electron chi connectivity index (χ2n) is 6.04. The molecule has 0 bridgehead atoms. The van der Waals surface area contributed by atoms with Gasteiger partial charge < -0.3 is 15.5 Å². The first-order valence-corrected chi connectivity index (χ1v) is 8.31. The SMILES string of the molecule is CC(=O)Nc1ccc(/C(C)=N\OC(C)C(=O)Nc2cccc(C)c2)cc1. The molecule has 1 atom stereocenters. The number of hydrogen-bond acceptors (Lipinski definition) is 4. The minimum Gasteiger partial charge on any atom is -0.382 e. The average Bonchev–Trinajstić information content (AvgIpc) is 2.59. The predicted molar refractivity (Wildman–Crippen MR) is 103 cm³/mol. The summed E-state index contributed by atoms with van der Waals surface area (Å²) >= 11 is 0. The Morgan fingerprint density at radius 3 is 2.31 bits per heavy atom. The molecule has 2 amide bonds. The van der Waals surface area contributed by atoms with Crippen molar-refractivity contribution in [3.8, 4) is 0 Å². The third-order valence-electron chi connectivity index (χ3n) is 3.63. The van der Waals surface area contributed by atoms with Crippen LogP contribution in [0.1, 0.15) is 31.9 Å². The smallest absolute Gasteiger partial charge is 0.267 e. The van der Waals surface area contributed by atoms with E-state index in [2.05, 4.69) is 15.8 Å². The zero-order chi connectivity index (χ0) is 19.1. The first kappa shape index (κ1) is 19.2. The van der Waals surface area contributed by atoms with Crippen LogP contribution in [0.15, 0.2) is 53.7 Å². The molecule has 0 spiro atoms. The molecule has 0 heterocycles. The van der Waals surface area contributed by atoms with Crippen molar-refractivity contribution < 1.29 is 14.4 Å². The number of hydrogen-bond donors (Lipinski definition) is 2. The Labute approximate surface area is 153 Å². The van der Waals surface area contributed by atoms with Crippen molar-refractivity contribution in [1.82, 2.24) is 0 Å². The highest BCUT2D eigenvalue weighted by Gasteiger charge is 2.14. The number of nitrogens with zero attached hydrogens (tertiary/aromatic N) is 1. The van der Waals surface area contributed by atoms with Crippen LogP contribution < -0.4 is 10.6 Å². The van der Waals surface area contributed by atoms with E-state index in [9.17, 15) is 9.59 Å². The Morgan fingerprint density at radius 1 is 1.00 bits per heavy atom. The molecule has 2 rings (SSSR count). The summed E-state index contributed by atoms with van der Waals surface area (Å²) in [6, 6.07) is 14.8. The van der Waals surface area contributed by atoms with Crippen LogP contribution >= 0.6 is 0 Å². The Balaban J connectivity index is 1.94. The van der Waals surface area contributed by atoms with Gasteiger partial charge in [0.15, 0.2) is 0 Å². The van der Waals surface area contributed by atoms with Crippen LogP contribution in [-0.2, 0) is 14.4 Å². The molecule has 0 saturated heterocycles. The lowest BCUT2D eigenvalue weighted by atomic mass is 10.1. The molecule has 0 aliphatic heterocycles. The van der Waals surface area contributed by atoms with E-state index in [4.69, 9.17) is 4.84 Å². The van der Waals surface area contributed by atoms with Crippen molar-refractivity contribution in [3.05, 3.63) is 59.7 Å². The van der Waals surface area contributed by atoms with Crippen LogP contribution in [-0.4, -0.2) is 23.6 Å². The summed E-state index contributed by atoms with van der Waals surface area (Å²) < 4.78 is 0. The molecule has 136 valence electrons. The Bertz CT molecular complexity index is 813. The monoisotopic (exact) mass is 353 g/mol. The molecule has 26 heavy (non-hydrogen) atoms.